The molecule has 0 aliphatic rings. The summed E-state index contributed by atoms with van der Waals surface area (Å²) in [6.07, 6.45) is -1.18. The van der Waals surface area contributed by atoms with Gasteiger partial charge in [0.05, 0.1) is 5.56 Å². The quantitative estimate of drug-likeness (QED) is 0.527. The summed E-state index contributed by atoms with van der Waals surface area (Å²) in [6, 6.07) is 23.5. The van der Waals surface area contributed by atoms with Crippen molar-refractivity contribution in [3.05, 3.63) is 90.0 Å². The van der Waals surface area contributed by atoms with Crippen LogP contribution in [0.1, 0.15) is 17.4 Å². The molecule has 0 spiro atoms. The van der Waals surface area contributed by atoms with Crippen molar-refractivity contribution in [1.29, 1.82) is 0 Å². The number of anilines is 2. The molecule has 0 aliphatic carbocycles. The minimum absolute atomic E-state index is 0.353. The van der Waals surface area contributed by atoms with Gasteiger partial charge in [-0.2, -0.15) is 0 Å². The highest BCUT2D eigenvalue weighted by atomic mass is 16.6. The number of hydrogen-bond acceptors (Lipinski definition) is 4. The fourth-order valence-electron chi connectivity index (χ4n) is 2.63. The predicted molar refractivity (Wildman–Crippen MR) is 108 cm³/mol. The molecule has 0 saturated heterocycles. The lowest BCUT2D eigenvalue weighted by molar-refractivity contribution is -0.0783. The van der Waals surface area contributed by atoms with Gasteiger partial charge in [0, 0.05) is 18.5 Å². The number of aliphatic hydroxyl groups excluding tert-OH is 1. The maximum absolute atomic E-state index is 12.2. The van der Waals surface area contributed by atoms with Crippen LogP contribution in [0.3, 0.4) is 0 Å². The fraction of sp³-hybridized carbons (Fsp3) is 0.136. The van der Waals surface area contributed by atoms with Gasteiger partial charge in [-0.15, -0.1) is 0 Å². The van der Waals surface area contributed by atoms with E-state index in [-0.39, 0.29) is 6.03 Å². The third kappa shape index (κ3) is 5.33. The van der Waals surface area contributed by atoms with E-state index in [2.05, 4.69) is 10.6 Å². The normalized spacial score (nSPS) is 11.5. The van der Waals surface area contributed by atoms with Crippen LogP contribution in [0.2, 0.25) is 0 Å². The number of ether oxygens (including phenoxy) is 2. The van der Waals surface area contributed by atoms with E-state index >= 15 is 0 Å². The summed E-state index contributed by atoms with van der Waals surface area (Å²) in [4.78, 5) is 12.2. The maximum atomic E-state index is 12.2. The third-order valence-corrected chi connectivity index (χ3v) is 4.03. The second-order valence-corrected chi connectivity index (χ2v) is 6.06. The number of aliphatic hydroxyl groups is 1. The molecule has 144 valence electrons. The molecule has 0 saturated carbocycles. The Balaban J connectivity index is 1.71. The predicted octanol–water partition coefficient (Wildman–Crippen LogP) is 4.55. The molecule has 0 fully saturated rings. The maximum Gasteiger partial charge on any atom is 0.323 e. The van der Waals surface area contributed by atoms with E-state index in [1.807, 2.05) is 48.5 Å². The van der Waals surface area contributed by atoms with E-state index in [0.29, 0.717) is 29.3 Å². The van der Waals surface area contributed by atoms with Gasteiger partial charge in [0.15, 0.2) is 6.29 Å². The topological polar surface area (TPSA) is 79.8 Å². The van der Waals surface area contributed by atoms with Crippen molar-refractivity contribution in [2.24, 2.45) is 0 Å². The average molecular weight is 378 g/mol. The van der Waals surface area contributed by atoms with Crippen LogP contribution in [0.15, 0.2) is 78.9 Å². The van der Waals surface area contributed by atoms with Gasteiger partial charge in [-0.25, -0.2) is 4.79 Å². The summed E-state index contributed by atoms with van der Waals surface area (Å²) in [5.41, 5.74) is 2.62. The standard InChI is InChI=1S/C22H22N2O4/c1-27-21(25)19-14-18(24-22(26)23-17-10-6-3-7-11-17)12-13-20(19)28-15-16-8-4-2-5-9-16/h2-14,21,25H,15H2,1H3,(H2,23,24,26). The lowest BCUT2D eigenvalue weighted by Gasteiger charge is -2.17. The van der Waals surface area contributed by atoms with Gasteiger partial charge >= 0.3 is 6.03 Å². The third-order valence-electron chi connectivity index (χ3n) is 4.03. The van der Waals surface area contributed by atoms with Crippen LogP contribution >= 0.6 is 0 Å². The summed E-state index contributed by atoms with van der Waals surface area (Å²) in [5, 5.41) is 15.6. The van der Waals surface area contributed by atoms with Crippen molar-refractivity contribution in [3.8, 4) is 5.75 Å². The van der Waals surface area contributed by atoms with Gasteiger partial charge in [0.25, 0.3) is 0 Å². The van der Waals surface area contributed by atoms with E-state index in [1.165, 1.54) is 7.11 Å². The SMILES string of the molecule is COC(O)c1cc(NC(=O)Nc2ccccc2)ccc1OCc1ccccc1. The first-order chi connectivity index (χ1) is 13.7. The Morgan fingerprint density at radius 1 is 0.929 bits per heavy atom. The van der Waals surface area contributed by atoms with E-state index in [0.717, 1.165) is 5.56 Å². The summed E-state index contributed by atoms with van der Waals surface area (Å²) in [5.74, 6) is 0.479. The Morgan fingerprint density at radius 2 is 1.57 bits per heavy atom. The zero-order valence-electron chi connectivity index (χ0n) is 15.5. The van der Waals surface area contributed by atoms with Gasteiger partial charge in [-0.3, -0.25) is 0 Å². The van der Waals surface area contributed by atoms with Crippen LogP contribution in [0.5, 0.6) is 5.75 Å². The Labute approximate surface area is 163 Å². The Kier molecular flexibility index (Phi) is 6.62. The van der Waals surface area contributed by atoms with E-state index < -0.39 is 6.29 Å². The molecule has 3 rings (SSSR count). The summed E-state index contributed by atoms with van der Waals surface area (Å²) >= 11 is 0. The highest BCUT2D eigenvalue weighted by Gasteiger charge is 2.15. The molecule has 0 bridgehead atoms. The van der Waals surface area contributed by atoms with Gasteiger partial charge in [-0.1, -0.05) is 48.5 Å². The van der Waals surface area contributed by atoms with Gasteiger partial charge in [0.2, 0.25) is 0 Å². The average Bonchev–Trinajstić information content (AvgIpc) is 2.73. The summed E-state index contributed by atoms with van der Waals surface area (Å²) in [6.45, 7) is 0.353. The smallest absolute Gasteiger partial charge is 0.323 e. The second kappa shape index (κ2) is 9.55. The molecule has 3 N–H and O–H groups in total. The lowest BCUT2D eigenvalue weighted by atomic mass is 10.1. The lowest BCUT2D eigenvalue weighted by Crippen LogP contribution is -2.19. The van der Waals surface area contributed by atoms with Crippen LogP contribution in [-0.2, 0) is 11.3 Å². The highest BCUT2D eigenvalue weighted by Crippen LogP contribution is 2.29. The van der Waals surface area contributed by atoms with Gasteiger partial charge < -0.3 is 25.2 Å². The molecule has 6 heteroatoms. The van der Waals surface area contributed by atoms with E-state index in [4.69, 9.17) is 9.47 Å². The molecular weight excluding hydrogens is 356 g/mol. The zero-order valence-corrected chi connectivity index (χ0v) is 15.5. The summed E-state index contributed by atoms with van der Waals surface area (Å²) in [7, 11) is 1.40. The molecule has 1 atom stereocenters. The van der Waals surface area contributed by atoms with Crippen molar-refractivity contribution >= 4 is 17.4 Å². The van der Waals surface area contributed by atoms with Crippen LogP contribution in [0.4, 0.5) is 16.2 Å². The largest absolute Gasteiger partial charge is 0.488 e. The van der Waals surface area contributed by atoms with Crippen molar-refractivity contribution in [3.63, 3.8) is 0 Å². The number of methoxy groups -OCH3 is 1. The molecule has 3 aromatic rings. The number of hydrogen-bond donors (Lipinski definition) is 3. The van der Waals surface area contributed by atoms with Crippen molar-refractivity contribution < 1.29 is 19.4 Å². The molecule has 0 radical (unpaired) electrons. The van der Waals surface area contributed by atoms with E-state index in [9.17, 15) is 9.90 Å². The van der Waals surface area contributed by atoms with Crippen LogP contribution in [0.25, 0.3) is 0 Å². The molecule has 3 aromatic carbocycles. The van der Waals surface area contributed by atoms with Crippen LogP contribution < -0.4 is 15.4 Å². The van der Waals surface area contributed by atoms with Crippen molar-refractivity contribution in [2.75, 3.05) is 17.7 Å². The Hall–Kier alpha value is -3.35. The van der Waals surface area contributed by atoms with Gasteiger partial charge in [-0.05, 0) is 35.9 Å². The number of urea groups is 1. The zero-order chi connectivity index (χ0) is 19.8. The molecule has 0 aliphatic heterocycles. The van der Waals surface area contributed by atoms with Crippen molar-refractivity contribution in [2.45, 2.75) is 12.9 Å². The van der Waals surface area contributed by atoms with Crippen LogP contribution in [-0.4, -0.2) is 18.2 Å². The fourth-order valence-corrected chi connectivity index (χ4v) is 2.63. The molecule has 1 unspecified atom stereocenters. The molecule has 2 amide bonds. The molecule has 28 heavy (non-hydrogen) atoms. The number of benzene rings is 3. The molecule has 0 heterocycles. The monoisotopic (exact) mass is 378 g/mol. The Bertz CT molecular complexity index is 901. The number of amides is 2. The number of carbonyl (C=O) groups is 1. The highest BCUT2D eigenvalue weighted by molar-refractivity contribution is 5.99. The van der Waals surface area contributed by atoms with E-state index in [1.54, 1.807) is 30.3 Å². The number of nitrogens with one attached hydrogen (secondary N) is 2. The number of rotatable bonds is 7. The molecule has 0 aromatic heterocycles. The first-order valence-corrected chi connectivity index (χ1v) is 8.80. The minimum atomic E-state index is -1.18. The minimum Gasteiger partial charge on any atom is -0.488 e. The van der Waals surface area contributed by atoms with Crippen LogP contribution in [0, 0.1) is 0 Å². The second-order valence-electron chi connectivity index (χ2n) is 6.06. The first kappa shape index (κ1) is 19.4. The number of carbonyl (C=O) groups excluding carboxylic acids is 1. The first-order valence-electron chi connectivity index (χ1n) is 8.80. The van der Waals surface area contributed by atoms with Crippen molar-refractivity contribution in [1.82, 2.24) is 0 Å². The molecule has 6 nitrogen and oxygen atoms in total. The number of para-hydroxylation sites is 1. The Morgan fingerprint density at radius 3 is 2.25 bits per heavy atom. The summed E-state index contributed by atoms with van der Waals surface area (Å²) < 4.78 is 10.9. The molecular formula is C22H22N2O4. The van der Waals surface area contributed by atoms with Gasteiger partial charge in [0.1, 0.15) is 12.4 Å².